The number of hydrogen-bond donors (Lipinski definition) is 3. The first kappa shape index (κ1) is 25.8. The van der Waals surface area contributed by atoms with Crippen LogP contribution >= 0.6 is 11.6 Å². The Balaban J connectivity index is 1.70. The van der Waals surface area contributed by atoms with Crippen LogP contribution < -0.4 is 16.4 Å². The number of carbonyl (C=O) groups is 2. The summed E-state index contributed by atoms with van der Waals surface area (Å²) in [5.41, 5.74) is 9.30. The molecule has 1 aromatic carbocycles. The zero-order valence-corrected chi connectivity index (χ0v) is 20.3. The summed E-state index contributed by atoms with van der Waals surface area (Å²) in [6.07, 6.45) is 4.20. The molecule has 1 unspecified atom stereocenters. The van der Waals surface area contributed by atoms with Crippen molar-refractivity contribution in [1.29, 1.82) is 0 Å². The SMILES string of the molecule is Cc1ccnc(-c2cc(C(=O)NC(CCCN=C(N)CCl)C(=O)NCc3ccccc3)ccn2)c1. The van der Waals surface area contributed by atoms with E-state index < -0.39 is 6.04 Å². The monoisotopic (exact) mass is 492 g/mol. The molecule has 0 saturated heterocycles. The predicted molar refractivity (Wildman–Crippen MR) is 138 cm³/mol. The molecule has 2 heterocycles. The smallest absolute Gasteiger partial charge is 0.252 e. The second-order valence-corrected chi connectivity index (χ2v) is 8.29. The topological polar surface area (TPSA) is 122 Å². The van der Waals surface area contributed by atoms with Crippen LogP contribution in [0.2, 0.25) is 0 Å². The Labute approximate surface area is 210 Å². The van der Waals surface area contributed by atoms with Crippen molar-refractivity contribution in [3.05, 3.63) is 83.7 Å². The van der Waals surface area contributed by atoms with Crippen molar-refractivity contribution in [3.63, 3.8) is 0 Å². The molecule has 1 atom stereocenters. The van der Waals surface area contributed by atoms with E-state index in [-0.39, 0.29) is 17.7 Å². The molecule has 2 aromatic heterocycles. The van der Waals surface area contributed by atoms with Crippen LogP contribution in [-0.2, 0) is 11.3 Å². The number of aromatic nitrogens is 2. The molecule has 3 rings (SSSR count). The van der Waals surface area contributed by atoms with Gasteiger partial charge in [0.15, 0.2) is 0 Å². The minimum Gasteiger partial charge on any atom is -0.386 e. The molecule has 0 aliphatic heterocycles. The largest absolute Gasteiger partial charge is 0.386 e. The van der Waals surface area contributed by atoms with Crippen molar-refractivity contribution in [2.24, 2.45) is 10.7 Å². The highest BCUT2D eigenvalue weighted by atomic mass is 35.5. The van der Waals surface area contributed by atoms with E-state index >= 15 is 0 Å². The fraction of sp³-hybridized carbons (Fsp3) is 0.269. The number of benzene rings is 1. The number of amidine groups is 1. The lowest BCUT2D eigenvalue weighted by Gasteiger charge is -2.18. The molecule has 182 valence electrons. The Morgan fingerprint density at radius 1 is 1.06 bits per heavy atom. The molecule has 9 heteroatoms. The van der Waals surface area contributed by atoms with Gasteiger partial charge in [-0.1, -0.05) is 30.3 Å². The molecule has 0 aliphatic rings. The molecule has 4 N–H and O–H groups in total. The summed E-state index contributed by atoms with van der Waals surface area (Å²) in [5, 5.41) is 5.76. The van der Waals surface area contributed by atoms with Gasteiger partial charge >= 0.3 is 0 Å². The fourth-order valence-corrected chi connectivity index (χ4v) is 3.45. The normalized spacial score (nSPS) is 12.1. The van der Waals surface area contributed by atoms with Crippen molar-refractivity contribution >= 4 is 29.3 Å². The molecule has 0 radical (unpaired) electrons. The maximum Gasteiger partial charge on any atom is 0.252 e. The zero-order chi connectivity index (χ0) is 25.0. The summed E-state index contributed by atoms with van der Waals surface area (Å²) in [5.74, 6) is -0.149. The van der Waals surface area contributed by atoms with Crippen LogP contribution in [0.5, 0.6) is 0 Å². The van der Waals surface area contributed by atoms with Gasteiger partial charge in [0.25, 0.3) is 5.91 Å². The number of halogens is 1. The second-order valence-electron chi connectivity index (χ2n) is 8.03. The van der Waals surface area contributed by atoms with E-state index in [4.69, 9.17) is 17.3 Å². The average Bonchev–Trinajstić information content (AvgIpc) is 2.89. The molecule has 0 saturated carbocycles. The molecular weight excluding hydrogens is 464 g/mol. The number of amides is 2. The second kappa shape index (κ2) is 13.2. The van der Waals surface area contributed by atoms with Crippen LogP contribution in [0.1, 0.15) is 34.3 Å². The van der Waals surface area contributed by atoms with Crippen molar-refractivity contribution in [1.82, 2.24) is 20.6 Å². The predicted octanol–water partition coefficient (Wildman–Crippen LogP) is 3.24. The van der Waals surface area contributed by atoms with Gasteiger partial charge in [0.1, 0.15) is 11.9 Å². The van der Waals surface area contributed by atoms with E-state index in [1.54, 1.807) is 24.5 Å². The Bertz CT molecular complexity index is 1170. The van der Waals surface area contributed by atoms with Crippen LogP contribution in [0.4, 0.5) is 0 Å². The minimum atomic E-state index is -0.743. The van der Waals surface area contributed by atoms with Gasteiger partial charge in [0.05, 0.1) is 17.3 Å². The number of alkyl halides is 1. The summed E-state index contributed by atoms with van der Waals surface area (Å²) in [7, 11) is 0. The maximum absolute atomic E-state index is 13.1. The van der Waals surface area contributed by atoms with E-state index in [1.165, 1.54) is 0 Å². The molecule has 35 heavy (non-hydrogen) atoms. The first-order valence-electron chi connectivity index (χ1n) is 11.3. The zero-order valence-electron chi connectivity index (χ0n) is 19.6. The van der Waals surface area contributed by atoms with E-state index in [0.29, 0.717) is 48.7 Å². The Kier molecular flexibility index (Phi) is 9.74. The summed E-state index contributed by atoms with van der Waals surface area (Å²) in [4.78, 5) is 38.9. The number of hydrogen-bond acceptors (Lipinski definition) is 5. The highest BCUT2D eigenvalue weighted by Crippen LogP contribution is 2.16. The Morgan fingerprint density at radius 3 is 2.49 bits per heavy atom. The molecule has 0 aliphatic carbocycles. The van der Waals surface area contributed by atoms with E-state index in [9.17, 15) is 9.59 Å². The lowest BCUT2D eigenvalue weighted by molar-refractivity contribution is -0.123. The molecule has 0 spiro atoms. The van der Waals surface area contributed by atoms with Gasteiger partial charge in [0.2, 0.25) is 5.91 Å². The van der Waals surface area contributed by atoms with E-state index in [0.717, 1.165) is 11.1 Å². The molecule has 2 amide bonds. The van der Waals surface area contributed by atoms with Crippen molar-refractivity contribution in [2.45, 2.75) is 32.4 Å². The summed E-state index contributed by atoms with van der Waals surface area (Å²) in [6, 6.07) is 15.9. The highest BCUT2D eigenvalue weighted by Gasteiger charge is 2.21. The number of rotatable bonds is 11. The minimum absolute atomic E-state index is 0.151. The molecule has 8 nitrogen and oxygen atoms in total. The number of aryl methyl sites for hydroxylation is 1. The van der Waals surface area contributed by atoms with Gasteiger partial charge in [0, 0.05) is 31.0 Å². The van der Waals surface area contributed by atoms with Crippen LogP contribution in [0.3, 0.4) is 0 Å². The quantitative estimate of drug-likeness (QED) is 0.164. The molecular formula is C26H29ClN6O2. The van der Waals surface area contributed by atoms with Gasteiger partial charge in [-0.2, -0.15) is 0 Å². The first-order valence-corrected chi connectivity index (χ1v) is 11.9. The third kappa shape index (κ3) is 8.19. The van der Waals surface area contributed by atoms with Crippen molar-refractivity contribution in [2.75, 3.05) is 12.4 Å². The number of nitrogens with zero attached hydrogens (tertiary/aromatic N) is 3. The molecule has 0 fully saturated rings. The number of aliphatic imine (C=N–C) groups is 1. The standard InChI is InChI=1S/C26H29ClN6O2/c1-18-9-12-29-22(14-18)23-15-20(10-13-30-23)25(34)33-21(8-5-11-31-24(28)16-27)26(35)32-17-19-6-3-2-4-7-19/h2-4,6-7,9-10,12-15,21H,5,8,11,16-17H2,1H3,(H2,28,31)(H,32,35)(H,33,34). The third-order valence-corrected chi connectivity index (χ3v) is 5.51. The van der Waals surface area contributed by atoms with Gasteiger partial charge in [-0.3, -0.25) is 24.5 Å². The summed E-state index contributed by atoms with van der Waals surface area (Å²) in [6.45, 7) is 2.74. The molecule has 3 aromatic rings. The maximum atomic E-state index is 13.1. The van der Waals surface area contributed by atoms with Gasteiger partial charge in [-0.05, 0) is 55.2 Å². The average molecular weight is 493 g/mol. The van der Waals surface area contributed by atoms with Crippen LogP contribution in [0.15, 0.2) is 72.0 Å². The van der Waals surface area contributed by atoms with Gasteiger partial charge in [-0.25, -0.2) is 0 Å². The third-order valence-electron chi connectivity index (χ3n) is 5.23. The number of nitrogens with one attached hydrogen (secondary N) is 2. The van der Waals surface area contributed by atoms with Crippen molar-refractivity contribution < 1.29 is 9.59 Å². The first-order chi connectivity index (χ1) is 17.0. The van der Waals surface area contributed by atoms with E-state index in [1.807, 2.05) is 49.4 Å². The fourth-order valence-electron chi connectivity index (χ4n) is 3.37. The van der Waals surface area contributed by atoms with Gasteiger partial charge < -0.3 is 16.4 Å². The van der Waals surface area contributed by atoms with Crippen LogP contribution in [-0.4, -0.2) is 46.1 Å². The van der Waals surface area contributed by atoms with Crippen LogP contribution in [0.25, 0.3) is 11.4 Å². The lowest BCUT2D eigenvalue weighted by Crippen LogP contribution is -2.46. The van der Waals surface area contributed by atoms with Crippen molar-refractivity contribution in [3.8, 4) is 11.4 Å². The highest BCUT2D eigenvalue weighted by molar-refractivity contribution is 6.27. The number of pyridine rings is 2. The number of carbonyl (C=O) groups excluding carboxylic acids is 2. The number of nitrogens with two attached hydrogens (primary N) is 1. The summed E-state index contributed by atoms with van der Waals surface area (Å²) < 4.78 is 0. The van der Waals surface area contributed by atoms with Crippen LogP contribution in [0, 0.1) is 6.92 Å². The Morgan fingerprint density at radius 2 is 1.77 bits per heavy atom. The summed E-state index contributed by atoms with van der Waals surface area (Å²) >= 11 is 5.66. The van der Waals surface area contributed by atoms with Gasteiger partial charge in [-0.15, -0.1) is 11.6 Å². The lowest BCUT2D eigenvalue weighted by atomic mass is 10.1. The van der Waals surface area contributed by atoms with E-state index in [2.05, 4.69) is 25.6 Å². The Hall–Kier alpha value is -3.78. The molecule has 0 bridgehead atoms.